The highest BCUT2D eigenvalue weighted by Gasteiger charge is 2.17. The first kappa shape index (κ1) is 28.8. The molecule has 11 heteroatoms. The van der Waals surface area contributed by atoms with Gasteiger partial charge in [0, 0.05) is 44.9 Å². The van der Waals surface area contributed by atoms with Gasteiger partial charge in [-0.25, -0.2) is 19.6 Å². The van der Waals surface area contributed by atoms with E-state index in [1.54, 1.807) is 6.92 Å². The van der Waals surface area contributed by atoms with Gasteiger partial charge in [0.15, 0.2) is 0 Å². The topological polar surface area (TPSA) is 144 Å². The molecule has 1 aromatic carbocycles. The highest BCUT2D eigenvalue weighted by atomic mass is 16.5. The summed E-state index contributed by atoms with van der Waals surface area (Å²) in [7, 11) is 0. The number of ether oxygens (including phenoxy) is 2. The zero-order valence-electron chi connectivity index (χ0n) is 19.7. The lowest BCUT2D eigenvalue weighted by Gasteiger charge is -2.31. The number of carboxylic acid groups (broad SMARTS) is 2. The molecule has 2 saturated heterocycles. The SMILES string of the molecule is CC(=N/C(=N/c1ccccc1)N1CCOCC1)N1CCOCC1.CCO.O=C(O)C=CC(=O)O. The van der Waals surface area contributed by atoms with Crippen LogP contribution in [0.4, 0.5) is 5.69 Å². The summed E-state index contributed by atoms with van der Waals surface area (Å²) in [5, 5.41) is 23.2. The van der Waals surface area contributed by atoms with Crippen molar-refractivity contribution in [2.24, 2.45) is 9.98 Å². The smallest absolute Gasteiger partial charge is 0.328 e. The normalized spacial score (nSPS) is 16.8. The molecular formula is C23H34N4O7. The molecule has 0 bridgehead atoms. The summed E-state index contributed by atoms with van der Waals surface area (Å²) >= 11 is 0. The van der Waals surface area contributed by atoms with Crippen LogP contribution < -0.4 is 0 Å². The summed E-state index contributed by atoms with van der Waals surface area (Å²) in [4.78, 5) is 33.1. The lowest BCUT2D eigenvalue weighted by molar-refractivity contribution is -0.134. The third-order valence-corrected chi connectivity index (χ3v) is 4.38. The maximum absolute atomic E-state index is 9.55. The predicted octanol–water partition coefficient (Wildman–Crippen LogP) is 1.47. The molecule has 0 aromatic heterocycles. The van der Waals surface area contributed by atoms with Crippen molar-refractivity contribution in [2.45, 2.75) is 13.8 Å². The van der Waals surface area contributed by atoms with Crippen LogP contribution in [0.5, 0.6) is 0 Å². The Balaban J connectivity index is 0.000000443. The summed E-state index contributed by atoms with van der Waals surface area (Å²) in [5.41, 5.74) is 0.924. The van der Waals surface area contributed by atoms with Gasteiger partial charge in [-0.1, -0.05) is 18.2 Å². The van der Waals surface area contributed by atoms with Crippen molar-refractivity contribution >= 4 is 29.4 Å². The highest BCUT2D eigenvalue weighted by Crippen LogP contribution is 2.13. The first-order valence-electron chi connectivity index (χ1n) is 11.0. The molecule has 3 rings (SSSR count). The minimum atomic E-state index is -1.26. The molecule has 1 aromatic rings. The van der Waals surface area contributed by atoms with Gasteiger partial charge in [-0.3, -0.25) is 0 Å². The number of guanidine groups is 1. The molecule has 34 heavy (non-hydrogen) atoms. The van der Waals surface area contributed by atoms with Gasteiger partial charge >= 0.3 is 11.9 Å². The van der Waals surface area contributed by atoms with Crippen molar-refractivity contribution in [1.82, 2.24) is 9.80 Å². The molecule has 11 nitrogen and oxygen atoms in total. The van der Waals surface area contributed by atoms with Crippen molar-refractivity contribution in [3.05, 3.63) is 42.5 Å². The van der Waals surface area contributed by atoms with Gasteiger partial charge in [0.05, 0.1) is 32.1 Å². The van der Waals surface area contributed by atoms with Gasteiger partial charge < -0.3 is 34.6 Å². The zero-order chi connectivity index (χ0) is 25.2. The molecule has 2 fully saturated rings. The number of carbonyl (C=O) groups is 2. The van der Waals surface area contributed by atoms with E-state index in [2.05, 4.69) is 9.80 Å². The first-order valence-corrected chi connectivity index (χ1v) is 11.0. The summed E-state index contributed by atoms with van der Waals surface area (Å²) in [6.07, 6.45) is 1.12. The van der Waals surface area contributed by atoms with E-state index in [9.17, 15) is 9.59 Å². The Labute approximate surface area is 199 Å². The summed E-state index contributed by atoms with van der Waals surface area (Å²) in [5.74, 6) is -0.752. The van der Waals surface area contributed by atoms with Gasteiger partial charge in [-0.15, -0.1) is 0 Å². The Morgan fingerprint density at radius 2 is 1.35 bits per heavy atom. The number of aliphatic hydroxyl groups is 1. The second kappa shape index (κ2) is 17.2. The van der Waals surface area contributed by atoms with E-state index < -0.39 is 11.9 Å². The molecule has 0 saturated carbocycles. The number of aliphatic carboxylic acids is 2. The van der Waals surface area contributed by atoms with Crippen molar-refractivity contribution in [3.63, 3.8) is 0 Å². The van der Waals surface area contributed by atoms with Crippen LogP contribution in [0.2, 0.25) is 0 Å². The predicted molar refractivity (Wildman–Crippen MR) is 129 cm³/mol. The van der Waals surface area contributed by atoms with E-state index in [1.165, 1.54) is 0 Å². The Morgan fingerprint density at radius 1 is 0.912 bits per heavy atom. The number of morpholine rings is 2. The second-order valence-electron chi connectivity index (χ2n) is 6.93. The van der Waals surface area contributed by atoms with Crippen molar-refractivity contribution < 1.29 is 34.4 Å². The third kappa shape index (κ3) is 12.7. The number of amidine groups is 1. The quantitative estimate of drug-likeness (QED) is 0.334. The average Bonchev–Trinajstić information content (AvgIpc) is 2.85. The number of carboxylic acids is 2. The van der Waals surface area contributed by atoms with Crippen LogP contribution in [-0.2, 0) is 19.1 Å². The molecule has 0 spiro atoms. The molecule has 0 radical (unpaired) electrons. The third-order valence-electron chi connectivity index (χ3n) is 4.38. The van der Waals surface area contributed by atoms with Crippen LogP contribution in [0.25, 0.3) is 0 Å². The van der Waals surface area contributed by atoms with Crippen LogP contribution in [0.3, 0.4) is 0 Å². The molecule has 0 unspecified atom stereocenters. The van der Waals surface area contributed by atoms with E-state index in [4.69, 9.17) is 34.8 Å². The molecular weight excluding hydrogens is 444 g/mol. The van der Waals surface area contributed by atoms with E-state index in [1.807, 2.05) is 37.3 Å². The van der Waals surface area contributed by atoms with Gasteiger partial charge in [-0.05, 0) is 26.0 Å². The Bertz CT molecular complexity index is 800. The number of hydrogen-bond donors (Lipinski definition) is 3. The molecule has 0 amide bonds. The summed E-state index contributed by atoms with van der Waals surface area (Å²) < 4.78 is 10.9. The van der Waals surface area contributed by atoms with Crippen LogP contribution in [0.15, 0.2) is 52.5 Å². The maximum Gasteiger partial charge on any atom is 0.328 e. The molecule has 2 aliphatic heterocycles. The number of rotatable bonds is 3. The lowest BCUT2D eigenvalue weighted by Crippen LogP contribution is -2.43. The van der Waals surface area contributed by atoms with Gasteiger partial charge in [0.25, 0.3) is 0 Å². The van der Waals surface area contributed by atoms with Crippen LogP contribution in [-0.4, -0.2) is 108 Å². The lowest BCUT2D eigenvalue weighted by atomic mass is 10.3. The Morgan fingerprint density at radius 3 is 1.79 bits per heavy atom. The van der Waals surface area contributed by atoms with E-state index in [0.717, 1.165) is 70.1 Å². The number of hydrogen-bond acceptors (Lipinski definition) is 6. The van der Waals surface area contributed by atoms with E-state index in [0.29, 0.717) is 12.2 Å². The van der Waals surface area contributed by atoms with Crippen LogP contribution >= 0.6 is 0 Å². The van der Waals surface area contributed by atoms with Gasteiger partial charge in [-0.2, -0.15) is 0 Å². The molecule has 0 atom stereocenters. The van der Waals surface area contributed by atoms with E-state index >= 15 is 0 Å². The summed E-state index contributed by atoms with van der Waals surface area (Å²) in [6, 6.07) is 9.98. The first-order chi connectivity index (χ1) is 16.4. The van der Waals surface area contributed by atoms with Crippen LogP contribution in [0, 0.1) is 0 Å². The molecule has 188 valence electrons. The number of aliphatic hydroxyl groups excluding tert-OH is 1. The van der Waals surface area contributed by atoms with Gasteiger partial charge in [0.1, 0.15) is 5.84 Å². The van der Waals surface area contributed by atoms with Crippen molar-refractivity contribution in [1.29, 1.82) is 0 Å². The number of aliphatic imine (C=N–C) groups is 2. The fraction of sp³-hybridized carbons (Fsp3) is 0.478. The minimum absolute atomic E-state index is 0.250. The Hall–Kier alpha value is -3.28. The molecule has 0 aliphatic carbocycles. The second-order valence-corrected chi connectivity index (χ2v) is 6.93. The fourth-order valence-electron chi connectivity index (χ4n) is 2.79. The molecule has 3 N–H and O–H groups in total. The largest absolute Gasteiger partial charge is 0.478 e. The number of benzene rings is 1. The number of nitrogens with zero attached hydrogens (tertiary/aromatic N) is 4. The zero-order valence-corrected chi connectivity index (χ0v) is 19.7. The van der Waals surface area contributed by atoms with Crippen LogP contribution in [0.1, 0.15) is 13.8 Å². The molecule has 2 aliphatic rings. The van der Waals surface area contributed by atoms with Crippen molar-refractivity contribution in [3.8, 4) is 0 Å². The number of para-hydroxylation sites is 1. The highest BCUT2D eigenvalue weighted by molar-refractivity contribution is 5.96. The maximum atomic E-state index is 9.55. The van der Waals surface area contributed by atoms with Crippen molar-refractivity contribution in [2.75, 3.05) is 59.2 Å². The summed E-state index contributed by atoms with van der Waals surface area (Å²) in [6.45, 7) is 10.4. The van der Waals surface area contributed by atoms with Gasteiger partial charge in [0.2, 0.25) is 5.96 Å². The standard InChI is InChI=1S/C17H24N4O2.C4H4O4.C2H6O/c1-15(20-7-11-22-12-8-20)18-17(21-9-13-23-14-10-21)19-16-5-3-2-4-6-16;5-3(6)1-2-4(7)8;1-2-3/h2-6H,7-14H2,1H3;1-2H,(H,5,6)(H,7,8);3H,2H2,1H3/b18-15?,19-17-;;. The molecule has 2 heterocycles. The monoisotopic (exact) mass is 478 g/mol. The average molecular weight is 479 g/mol. The Kier molecular flexibility index (Phi) is 14.6. The van der Waals surface area contributed by atoms with E-state index in [-0.39, 0.29) is 6.61 Å². The minimum Gasteiger partial charge on any atom is -0.478 e. The fourth-order valence-corrected chi connectivity index (χ4v) is 2.79.